The Kier molecular flexibility index (Phi) is 4.18. The predicted molar refractivity (Wildman–Crippen MR) is 45.5 cm³/mol. The smallest absolute Gasteiger partial charge is 0.234 e. The summed E-state index contributed by atoms with van der Waals surface area (Å²) >= 11 is 0. The van der Waals surface area contributed by atoms with Crippen LogP contribution in [0.15, 0.2) is 12.2 Å². The first-order valence-electron chi connectivity index (χ1n) is 3.73. The third-order valence-electron chi connectivity index (χ3n) is 1.59. The Labute approximate surface area is 71.4 Å². The maximum absolute atomic E-state index is 10.5. The highest BCUT2D eigenvalue weighted by atomic mass is 16.6. The van der Waals surface area contributed by atoms with Crippen LogP contribution in [0.5, 0.6) is 0 Å². The number of rotatable bonds is 5. The highest BCUT2D eigenvalue weighted by Gasteiger charge is 2.20. The lowest BCUT2D eigenvalue weighted by Crippen LogP contribution is -2.21. The Morgan fingerprint density at radius 2 is 2.08 bits per heavy atom. The maximum Gasteiger partial charge on any atom is 0.234 e. The highest BCUT2D eigenvalue weighted by Crippen LogP contribution is 2.09. The van der Waals surface area contributed by atoms with Crippen molar-refractivity contribution >= 4 is 5.78 Å². The van der Waals surface area contributed by atoms with Gasteiger partial charge in [0.25, 0.3) is 0 Å². The molecule has 0 fully saturated rings. The van der Waals surface area contributed by atoms with Crippen LogP contribution in [-0.2, 0) is 4.79 Å². The third kappa shape index (κ3) is 3.85. The summed E-state index contributed by atoms with van der Waals surface area (Å²) in [6.07, 6.45) is 0.510. The van der Waals surface area contributed by atoms with Crippen molar-refractivity contribution < 1.29 is 9.72 Å². The molecule has 0 spiro atoms. The molecule has 0 aromatic rings. The highest BCUT2D eigenvalue weighted by molar-refractivity contribution is 5.75. The minimum Gasteiger partial charge on any atom is -0.300 e. The second-order valence-corrected chi connectivity index (χ2v) is 2.89. The first kappa shape index (κ1) is 10.8. The minimum absolute atomic E-state index is 0.0249. The van der Waals surface area contributed by atoms with Gasteiger partial charge in [-0.05, 0) is 19.4 Å². The quantitative estimate of drug-likeness (QED) is 0.358. The number of ketones is 1. The summed E-state index contributed by atoms with van der Waals surface area (Å²) in [4.78, 5) is 20.5. The van der Waals surface area contributed by atoms with Crippen molar-refractivity contribution in [3.8, 4) is 0 Å². The summed E-state index contributed by atoms with van der Waals surface area (Å²) in [7, 11) is 0. The number of hydrogen-bond acceptors (Lipinski definition) is 3. The van der Waals surface area contributed by atoms with Crippen LogP contribution < -0.4 is 0 Å². The molecule has 0 aromatic heterocycles. The monoisotopic (exact) mass is 171 g/mol. The van der Waals surface area contributed by atoms with Crippen molar-refractivity contribution in [3.63, 3.8) is 0 Å². The lowest BCUT2D eigenvalue weighted by Gasteiger charge is -2.06. The second-order valence-electron chi connectivity index (χ2n) is 2.89. The van der Waals surface area contributed by atoms with Crippen LogP contribution in [0.3, 0.4) is 0 Å². The normalized spacial score (nSPS) is 12.2. The molecule has 0 saturated heterocycles. The molecule has 12 heavy (non-hydrogen) atoms. The van der Waals surface area contributed by atoms with Gasteiger partial charge in [-0.2, -0.15) is 0 Å². The summed E-state index contributed by atoms with van der Waals surface area (Å²) in [6, 6.07) is -0.770. The van der Waals surface area contributed by atoms with Gasteiger partial charge in [0.15, 0.2) is 0 Å². The van der Waals surface area contributed by atoms with Crippen LogP contribution in [0.25, 0.3) is 0 Å². The molecule has 4 heteroatoms. The van der Waals surface area contributed by atoms with Crippen molar-refractivity contribution in [2.24, 2.45) is 0 Å². The molecule has 0 bridgehead atoms. The number of Topliss-reactive ketones (excluding diaryl/α,β-unsaturated/α-hetero) is 1. The number of carbonyl (C=O) groups is 1. The van der Waals surface area contributed by atoms with E-state index in [-0.39, 0.29) is 18.6 Å². The zero-order valence-corrected chi connectivity index (χ0v) is 7.37. The van der Waals surface area contributed by atoms with Gasteiger partial charge in [0.1, 0.15) is 5.78 Å². The number of hydrogen-bond donors (Lipinski definition) is 0. The lowest BCUT2D eigenvalue weighted by molar-refractivity contribution is -0.512. The van der Waals surface area contributed by atoms with Crippen molar-refractivity contribution in [2.75, 3.05) is 0 Å². The van der Waals surface area contributed by atoms with Gasteiger partial charge >= 0.3 is 0 Å². The fraction of sp³-hybridized carbons (Fsp3) is 0.625. The molecular formula is C8H13NO3. The molecule has 0 radical (unpaired) electrons. The van der Waals surface area contributed by atoms with E-state index < -0.39 is 11.0 Å². The molecule has 0 N–H and O–H groups in total. The van der Waals surface area contributed by atoms with Crippen LogP contribution >= 0.6 is 0 Å². The van der Waals surface area contributed by atoms with Crippen LogP contribution in [0.2, 0.25) is 0 Å². The maximum atomic E-state index is 10.5. The van der Waals surface area contributed by atoms with Gasteiger partial charge in [-0.1, -0.05) is 6.58 Å². The largest absolute Gasteiger partial charge is 0.300 e. The second kappa shape index (κ2) is 4.64. The van der Waals surface area contributed by atoms with E-state index in [1.54, 1.807) is 6.92 Å². The summed E-state index contributed by atoms with van der Waals surface area (Å²) < 4.78 is 0. The predicted octanol–water partition coefficient (Wildman–Crippen LogP) is 1.58. The van der Waals surface area contributed by atoms with Crippen LogP contribution in [0.4, 0.5) is 0 Å². The van der Waals surface area contributed by atoms with Crippen molar-refractivity contribution in [3.05, 3.63) is 22.3 Å². The van der Waals surface area contributed by atoms with E-state index >= 15 is 0 Å². The summed E-state index contributed by atoms with van der Waals surface area (Å²) in [6.45, 7) is 6.53. The Bertz CT molecular complexity index is 196. The Balaban J connectivity index is 4.06. The SMILES string of the molecule is C=C(C)C(CCC(C)=O)[N+](=O)[O-]. The van der Waals surface area contributed by atoms with E-state index in [4.69, 9.17) is 0 Å². The number of nitrogens with zero attached hydrogens (tertiary/aromatic N) is 1. The van der Waals surface area contributed by atoms with E-state index in [1.165, 1.54) is 6.92 Å². The molecule has 0 saturated carbocycles. The van der Waals surface area contributed by atoms with Gasteiger partial charge < -0.3 is 4.79 Å². The van der Waals surface area contributed by atoms with Crippen molar-refractivity contribution in [2.45, 2.75) is 32.7 Å². The molecule has 68 valence electrons. The fourth-order valence-electron chi connectivity index (χ4n) is 0.872. The van der Waals surface area contributed by atoms with E-state index in [2.05, 4.69) is 6.58 Å². The Morgan fingerprint density at radius 3 is 2.33 bits per heavy atom. The molecule has 0 amide bonds. The molecule has 0 aliphatic rings. The van der Waals surface area contributed by atoms with E-state index in [9.17, 15) is 14.9 Å². The summed E-state index contributed by atoms with van der Waals surface area (Å²) in [5.74, 6) is -0.0249. The fourth-order valence-corrected chi connectivity index (χ4v) is 0.872. The molecular weight excluding hydrogens is 158 g/mol. The molecule has 0 aliphatic heterocycles. The van der Waals surface area contributed by atoms with Crippen LogP contribution in [0, 0.1) is 10.1 Å². The Hall–Kier alpha value is -1.19. The van der Waals surface area contributed by atoms with Gasteiger partial charge in [-0.15, -0.1) is 0 Å². The standard InChI is InChI=1S/C8H13NO3/c1-6(2)8(9(11)12)5-4-7(3)10/h8H,1,4-5H2,2-3H3. The van der Waals surface area contributed by atoms with Crippen LogP contribution in [0.1, 0.15) is 26.7 Å². The van der Waals surface area contributed by atoms with Gasteiger partial charge in [-0.3, -0.25) is 10.1 Å². The van der Waals surface area contributed by atoms with E-state index in [1.807, 2.05) is 0 Å². The van der Waals surface area contributed by atoms with Crippen molar-refractivity contribution in [1.29, 1.82) is 0 Å². The molecule has 0 rings (SSSR count). The van der Waals surface area contributed by atoms with E-state index in [0.717, 1.165) is 0 Å². The molecule has 1 unspecified atom stereocenters. The van der Waals surface area contributed by atoms with Gasteiger partial charge in [0, 0.05) is 17.8 Å². The molecule has 0 aromatic carbocycles. The number of nitro groups is 1. The Morgan fingerprint density at radius 1 is 1.58 bits per heavy atom. The average molecular weight is 171 g/mol. The number of carbonyl (C=O) groups excluding carboxylic acids is 1. The zero-order chi connectivity index (χ0) is 9.72. The lowest BCUT2D eigenvalue weighted by atomic mass is 10.0. The summed E-state index contributed by atoms with van der Waals surface area (Å²) in [5, 5.41) is 10.4. The summed E-state index contributed by atoms with van der Waals surface area (Å²) in [5.41, 5.74) is 0.501. The third-order valence-corrected chi connectivity index (χ3v) is 1.59. The van der Waals surface area contributed by atoms with Gasteiger partial charge in [-0.25, -0.2) is 0 Å². The molecule has 4 nitrogen and oxygen atoms in total. The average Bonchev–Trinajstić information content (AvgIpc) is 1.84. The van der Waals surface area contributed by atoms with E-state index in [0.29, 0.717) is 5.57 Å². The van der Waals surface area contributed by atoms with Gasteiger partial charge in [0.05, 0.1) is 0 Å². The van der Waals surface area contributed by atoms with Crippen LogP contribution in [-0.4, -0.2) is 16.7 Å². The molecule has 0 aliphatic carbocycles. The topological polar surface area (TPSA) is 60.2 Å². The van der Waals surface area contributed by atoms with Gasteiger partial charge in [0.2, 0.25) is 6.04 Å². The van der Waals surface area contributed by atoms with Crippen molar-refractivity contribution in [1.82, 2.24) is 0 Å². The minimum atomic E-state index is -0.770. The zero-order valence-electron chi connectivity index (χ0n) is 7.37. The first-order chi connectivity index (χ1) is 5.45. The first-order valence-corrected chi connectivity index (χ1v) is 3.73. The molecule has 0 heterocycles. The molecule has 1 atom stereocenters.